The molecule has 0 spiro atoms. The van der Waals surface area contributed by atoms with Gasteiger partial charge in [-0.25, -0.2) is 18.4 Å². The van der Waals surface area contributed by atoms with E-state index in [-0.39, 0.29) is 68.7 Å². The first-order valence-electron chi connectivity index (χ1n) is 12.6. The molecular weight excluding hydrogens is 584 g/mol. The summed E-state index contributed by atoms with van der Waals surface area (Å²) < 4.78 is 113. The number of aromatic nitrogens is 2. The predicted molar refractivity (Wildman–Crippen MR) is 132 cm³/mol. The molecule has 41 heavy (non-hydrogen) atoms. The molecular formula is C24H29F6N5O5S. The first-order valence-corrected chi connectivity index (χ1v) is 14.0. The second-order valence-electron chi connectivity index (χ2n) is 9.92. The monoisotopic (exact) mass is 613 g/mol. The van der Waals surface area contributed by atoms with E-state index in [2.05, 4.69) is 9.97 Å². The molecule has 2 aliphatic heterocycles. The topological polar surface area (TPSA) is 119 Å². The number of ether oxygens (including phenoxy) is 1. The Morgan fingerprint density at radius 2 is 1.59 bits per heavy atom. The van der Waals surface area contributed by atoms with Gasteiger partial charge >= 0.3 is 12.4 Å². The third-order valence-corrected chi connectivity index (χ3v) is 9.18. The van der Waals surface area contributed by atoms with Gasteiger partial charge in [-0.15, -0.1) is 0 Å². The summed E-state index contributed by atoms with van der Waals surface area (Å²) in [6.45, 7) is 2.04. The van der Waals surface area contributed by atoms with Gasteiger partial charge in [0.05, 0.1) is 36.8 Å². The molecule has 2 N–H and O–H groups in total. The summed E-state index contributed by atoms with van der Waals surface area (Å²) in [6.07, 6.45) is -11.7. The number of hydrogen-bond acceptors (Lipinski definition) is 9. The molecule has 17 heteroatoms. The standard InChI is InChI=1S/C24H29F6N5O5S/c1-16-14-40-15-19(13-36)35(16)12-18-11-33(41(38,39)20-5-3-2-4-6-20)7-8-34(18)21-31-9-17(10-32-21)22(37,23(25,26)27)24(28,29)30/h2-6,9-10,16,18-19,36-37H,7-8,11-15H2,1H3. The van der Waals surface area contributed by atoms with Crippen LogP contribution >= 0.6 is 0 Å². The van der Waals surface area contributed by atoms with Gasteiger partial charge in [-0.05, 0) is 19.1 Å². The van der Waals surface area contributed by atoms with E-state index in [1.54, 1.807) is 18.2 Å². The van der Waals surface area contributed by atoms with Crippen molar-refractivity contribution < 1.29 is 49.7 Å². The highest BCUT2D eigenvalue weighted by atomic mass is 32.2. The van der Waals surface area contributed by atoms with Crippen molar-refractivity contribution in [3.05, 3.63) is 48.3 Å². The van der Waals surface area contributed by atoms with Crippen molar-refractivity contribution in [2.24, 2.45) is 0 Å². The number of halogens is 6. The molecule has 0 radical (unpaired) electrons. The van der Waals surface area contributed by atoms with Crippen molar-refractivity contribution >= 4 is 16.0 Å². The fraction of sp³-hybridized carbons (Fsp3) is 0.583. The third kappa shape index (κ3) is 6.01. The zero-order valence-electron chi connectivity index (χ0n) is 21.8. The highest BCUT2D eigenvalue weighted by Crippen LogP contribution is 2.49. The van der Waals surface area contributed by atoms with E-state index in [1.807, 2.05) is 11.8 Å². The van der Waals surface area contributed by atoms with Crippen LogP contribution in [0.15, 0.2) is 47.6 Å². The molecule has 2 fully saturated rings. The number of anilines is 1. The molecule has 2 aromatic rings. The van der Waals surface area contributed by atoms with Crippen LogP contribution in [-0.4, -0.2) is 114 Å². The minimum atomic E-state index is -6.10. The minimum Gasteiger partial charge on any atom is -0.395 e. The van der Waals surface area contributed by atoms with Crippen LogP contribution < -0.4 is 4.90 Å². The normalized spacial score (nSPS) is 24.0. The van der Waals surface area contributed by atoms with E-state index in [1.165, 1.54) is 21.3 Å². The lowest BCUT2D eigenvalue weighted by molar-refractivity contribution is -0.376. The summed E-state index contributed by atoms with van der Waals surface area (Å²) in [5, 5.41) is 19.6. The Hall–Kier alpha value is -2.57. The Kier molecular flexibility index (Phi) is 8.88. The van der Waals surface area contributed by atoms with Crippen LogP contribution in [0.5, 0.6) is 0 Å². The lowest BCUT2D eigenvalue weighted by atomic mass is 9.95. The van der Waals surface area contributed by atoms with Gasteiger partial charge in [0.25, 0.3) is 5.60 Å². The zero-order chi connectivity index (χ0) is 30.2. The number of aliphatic hydroxyl groups excluding tert-OH is 1. The van der Waals surface area contributed by atoms with Crippen molar-refractivity contribution in [1.29, 1.82) is 0 Å². The Balaban J connectivity index is 1.68. The van der Waals surface area contributed by atoms with Gasteiger partial charge in [-0.1, -0.05) is 18.2 Å². The molecule has 228 valence electrons. The largest absolute Gasteiger partial charge is 0.430 e. The molecule has 2 aliphatic rings. The fourth-order valence-electron chi connectivity index (χ4n) is 5.01. The number of piperazine rings is 1. The first-order chi connectivity index (χ1) is 19.1. The average Bonchev–Trinajstić information content (AvgIpc) is 2.93. The minimum absolute atomic E-state index is 0.0403. The molecule has 4 rings (SSSR count). The van der Waals surface area contributed by atoms with Crippen LogP contribution in [0.3, 0.4) is 0 Å². The first kappa shape index (κ1) is 31.4. The molecule has 3 unspecified atom stereocenters. The molecule has 3 atom stereocenters. The maximum Gasteiger partial charge on any atom is 0.430 e. The van der Waals surface area contributed by atoms with Gasteiger partial charge < -0.3 is 19.8 Å². The average molecular weight is 614 g/mol. The van der Waals surface area contributed by atoms with E-state index >= 15 is 0 Å². The number of sulfonamides is 1. The van der Waals surface area contributed by atoms with Crippen molar-refractivity contribution in [1.82, 2.24) is 19.2 Å². The Bertz CT molecular complexity index is 1270. The highest BCUT2D eigenvalue weighted by Gasteiger charge is 2.71. The zero-order valence-corrected chi connectivity index (χ0v) is 22.6. The van der Waals surface area contributed by atoms with E-state index in [0.29, 0.717) is 6.61 Å². The Morgan fingerprint density at radius 1 is 0.976 bits per heavy atom. The van der Waals surface area contributed by atoms with Crippen LogP contribution in [0.1, 0.15) is 12.5 Å². The molecule has 2 saturated heterocycles. The number of rotatable bonds is 7. The summed E-state index contributed by atoms with van der Waals surface area (Å²) in [7, 11) is -3.94. The van der Waals surface area contributed by atoms with Gasteiger partial charge in [-0.2, -0.15) is 30.6 Å². The molecule has 10 nitrogen and oxygen atoms in total. The number of hydrogen-bond donors (Lipinski definition) is 2. The maximum atomic E-state index is 13.4. The second-order valence-corrected chi connectivity index (χ2v) is 11.9. The second kappa shape index (κ2) is 11.6. The lowest BCUT2D eigenvalue weighted by Crippen LogP contribution is -2.62. The van der Waals surface area contributed by atoms with E-state index in [4.69, 9.17) is 4.74 Å². The number of nitrogens with zero attached hydrogens (tertiary/aromatic N) is 5. The van der Waals surface area contributed by atoms with Crippen LogP contribution in [0, 0.1) is 0 Å². The number of alkyl halides is 6. The molecule has 3 heterocycles. The van der Waals surface area contributed by atoms with Crippen molar-refractivity contribution in [2.45, 2.75) is 47.9 Å². The summed E-state index contributed by atoms with van der Waals surface area (Å²) in [4.78, 5) is 10.9. The van der Waals surface area contributed by atoms with E-state index < -0.39 is 45.6 Å². The van der Waals surface area contributed by atoms with Gasteiger partial charge in [0.1, 0.15) is 0 Å². The van der Waals surface area contributed by atoms with Crippen LogP contribution in [0.4, 0.5) is 32.3 Å². The highest BCUT2D eigenvalue weighted by molar-refractivity contribution is 7.89. The Morgan fingerprint density at radius 3 is 2.15 bits per heavy atom. The summed E-state index contributed by atoms with van der Waals surface area (Å²) in [6, 6.07) is 6.33. The van der Waals surface area contributed by atoms with Crippen LogP contribution in [-0.2, 0) is 20.4 Å². The fourth-order valence-corrected chi connectivity index (χ4v) is 6.50. The third-order valence-electron chi connectivity index (χ3n) is 7.30. The van der Waals surface area contributed by atoms with Crippen LogP contribution in [0.25, 0.3) is 0 Å². The molecule has 1 aromatic carbocycles. The van der Waals surface area contributed by atoms with Crippen LogP contribution in [0.2, 0.25) is 0 Å². The van der Waals surface area contributed by atoms with Gasteiger partial charge in [-0.3, -0.25) is 4.90 Å². The van der Waals surface area contributed by atoms with Crippen molar-refractivity contribution in [3.63, 3.8) is 0 Å². The molecule has 1 aromatic heterocycles. The van der Waals surface area contributed by atoms with Crippen molar-refractivity contribution in [2.75, 3.05) is 50.9 Å². The van der Waals surface area contributed by atoms with E-state index in [0.717, 1.165) is 0 Å². The van der Waals surface area contributed by atoms with Gasteiger partial charge in [0, 0.05) is 50.2 Å². The number of morpholine rings is 1. The van der Waals surface area contributed by atoms with Crippen molar-refractivity contribution in [3.8, 4) is 0 Å². The quantitative estimate of drug-likeness (QED) is 0.451. The summed E-state index contributed by atoms with van der Waals surface area (Å²) in [5.41, 5.74) is -6.79. The number of aliphatic hydroxyl groups is 2. The molecule has 0 aliphatic carbocycles. The van der Waals surface area contributed by atoms with Gasteiger partial charge in [0.2, 0.25) is 16.0 Å². The maximum absolute atomic E-state index is 13.4. The summed E-state index contributed by atoms with van der Waals surface area (Å²) >= 11 is 0. The molecule has 0 saturated carbocycles. The Labute approximate surface area is 232 Å². The molecule has 0 bridgehead atoms. The number of benzene rings is 1. The summed E-state index contributed by atoms with van der Waals surface area (Å²) in [5.74, 6) is -0.247. The SMILES string of the molecule is CC1COCC(CO)N1CC1CN(S(=O)(=O)c2ccccc2)CCN1c1ncc(C(O)(C(F)(F)F)C(F)(F)F)cn1. The smallest absolute Gasteiger partial charge is 0.395 e. The lowest BCUT2D eigenvalue weighted by Gasteiger charge is -2.46. The van der Waals surface area contributed by atoms with E-state index in [9.17, 15) is 45.0 Å². The molecule has 0 amide bonds. The van der Waals surface area contributed by atoms with Gasteiger partial charge in [0.15, 0.2) is 0 Å². The predicted octanol–water partition coefficient (Wildman–Crippen LogP) is 1.75.